The zero-order chi connectivity index (χ0) is 26.6. The lowest BCUT2D eigenvalue weighted by atomic mass is 10.1. The van der Waals surface area contributed by atoms with Gasteiger partial charge in [0.2, 0.25) is 11.7 Å². The van der Waals surface area contributed by atoms with Crippen molar-refractivity contribution in [2.45, 2.75) is 0 Å². The highest BCUT2D eigenvalue weighted by Gasteiger charge is 2.21. The molecule has 192 valence electrons. The molecule has 0 saturated heterocycles. The Morgan fingerprint density at radius 2 is 1.66 bits per heavy atom. The summed E-state index contributed by atoms with van der Waals surface area (Å²) in [6.45, 7) is 0. The molecule has 0 atom stereocenters. The third-order valence-corrected chi connectivity index (χ3v) is 5.65. The van der Waals surface area contributed by atoms with Gasteiger partial charge < -0.3 is 23.9 Å². The molecule has 38 heavy (non-hydrogen) atoms. The van der Waals surface area contributed by atoms with Crippen molar-refractivity contribution in [1.29, 1.82) is 0 Å². The number of carbonyl (C=O) groups excluding carboxylic acids is 1. The van der Waals surface area contributed by atoms with E-state index in [9.17, 15) is 9.59 Å². The van der Waals surface area contributed by atoms with Crippen molar-refractivity contribution in [3.8, 4) is 45.9 Å². The number of nitrogens with zero attached hydrogens (tertiary/aromatic N) is 3. The molecule has 0 aliphatic carbocycles. The van der Waals surface area contributed by atoms with Crippen molar-refractivity contribution in [3.05, 3.63) is 88.9 Å². The van der Waals surface area contributed by atoms with Crippen LogP contribution in [0.5, 0.6) is 17.2 Å². The molecule has 0 spiro atoms. The second kappa shape index (κ2) is 10.3. The highest BCUT2D eigenvalue weighted by atomic mass is 16.5. The van der Waals surface area contributed by atoms with Gasteiger partial charge in [-0.1, -0.05) is 30.3 Å². The summed E-state index contributed by atoms with van der Waals surface area (Å²) in [5.74, 6) is 1.33. The minimum atomic E-state index is -0.488. The smallest absolute Gasteiger partial charge is 0.257 e. The Hall–Kier alpha value is -5.32. The van der Waals surface area contributed by atoms with E-state index in [-0.39, 0.29) is 22.9 Å². The van der Waals surface area contributed by atoms with Gasteiger partial charge in [0, 0.05) is 23.3 Å². The number of rotatable bonds is 8. The van der Waals surface area contributed by atoms with E-state index in [0.29, 0.717) is 34.4 Å². The zero-order valence-corrected chi connectivity index (χ0v) is 20.7. The molecular formula is C27H23N5O6. The van der Waals surface area contributed by atoms with Crippen LogP contribution in [0.3, 0.4) is 0 Å². The number of ether oxygens (including phenoxy) is 3. The minimum absolute atomic E-state index is 0.106. The SMILES string of the molecule is COc1cc(C(=O)Nc2cc(-c3ccco3)nn2-c2nc(-c3ccccc3)cc(=O)[nH]2)cc(OC)c1OC. The van der Waals surface area contributed by atoms with Crippen LogP contribution in [-0.2, 0) is 0 Å². The molecule has 0 aliphatic rings. The summed E-state index contributed by atoms with van der Waals surface area (Å²) in [4.78, 5) is 33.2. The molecule has 0 saturated carbocycles. The van der Waals surface area contributed by atoms with Crippen molar-refractivity contribution in [2.24, 2.45) is 0 Å². The third-order valence-electron chi connectivity index (χ3n) is 5.65. The van der Waals surface area contributed by atoms with Crippen LogP contribution in [0.15, 0.2) is 82.2 Å². The lowest BCUT2D eigenvalue weighted by Crippen LogP contribution is -2.19. The summed E-state index contributed by atoms with van der Waals surface area (Å²) in [5.41, 5.74) is 1.47. The number of hydrogen-bond donors (Lipinski definition) is 2. The summed E-state index contributed by atoms with van der Waals surface area (Å²) < 4.78 is 22.9. The maximum Gasteiger partial charge on any atom is 0.257 e. The first kappa shape index (κ1) is 24.4. The van der Waals surface area contributed by atoms with Crippen LogP contribution < -0.4 is 25.1 Å². The average molecular weight is 514 g/mol. The van der Waals surface area contributed by atoms with E-state index in [4.69, 9.17) is 18.6 Å². The predicted octanol–water partition coefficient (Wildman–Crippen LogP) is 4.16. The van der Waals surface area contributed by atoms with Crippen molar-refractivity contribution in [3.63, 3.8) is 0 Å². The number of methoxy groups -OCH3 is 3. The van der Waals surface area contributed by atoms with Crippen LogP contribution in [0.1, 0.15) is 10.4 Å². The van der Waals surface area contributed by atoms with Crippen molar-refractivity contribution < 1.29 is 23.4 Å². The molecule has 11 heteroatoms. The van der Waals surface area contributed by atoms with Crippen LogP contribution in [0.4, 0.5) is 5.82 Å². The highest BCUT2D eigenvalue weighted by Crippen LogP contribution is 2.38. The molecule has 0 bridgehead atoms. The van der Waals surface area contributed by atoms with Gasteiger partial charge >= 0.3 is 0 Å². The van der Waals surface area contributed by atoms with Gasteiger partial charge in [0.05, 0.1) is 33.3 Å². The summed E-state index contributed by atoms with van der Waals surface area (Å²) in [5, 5.41) is 7.38. The maximum atomic E-state index is 13.4. The molecule has 2 N–H and O–H groups in total. The molecule has 5 rings (SSSR count). The van der Waals surface area contributed by atoms with Crippen LogP contribution in [-0.4, -0.2) is 47.0 Å². The quantitative estimate of drug-likeness (QED) is 0.316. The first-order valence-corrected chi connectivity index (χ1v) is 11.4. The molecular weight excluding hydrogens is 490 g/mol. The second-order valence-electron chi connectivity index (χ2n) is 7.99. The van der Waals surface area contributed by atoms with E-state index in [1.54, 1.807) is 18.2 Å². The fraction of sp³-hybridized carbons (Fsp3) is 0.111. The van der Waals surface area contributed by atoms with Crippen LogP contribution in [0.2, 0.25) is 0 Å². The topological polar surface area (TPSA) is 134 Å². The lowest BCUT2D eigenvalue weighted by Gasteiger charge is -2.14. The van der Waals surface area contributed by atoms with Crippen LogP contribution in [0.25, 0.3) is 28.7 Å². The van der Waals surface area contributed by atoms with E-state index in [1.807, 2.05) is 30.3 Å². The maximum absolute atomic E-state index is 13.4. The number of benzene rings is 2. The molecule has 5 aromatic rings. The van der Waals surface area contributed by atoms with Gasteiger partial charge in [-0.05, 0) is 24.3 Å². The molecule has 0 fully saturated rings. The molecule has 0 radical (unpaired) electrons. The van der Waals surface area contributed by atoms with E-state index < -0.39 is 5.91 Å². The number of furan rings is 1. The van der Waals surface area contributed by atoms with Crippen LogP contribution >= 0.6 is 0 Å². The first-order valence-electron chi connectivity index (χ1n) is 11.4. The number of nitrogens with one attached hydrogen (secondary N) is 2. The Kier molecular flexibility index (Phi) is 6.64. The summed E-state index contributed by atoms with van der Waals surface area (Å²) in [6, 6.07) is 18.8. The number of aromatic nitrogens is 4. The van der Waals surface area contributed by atoms with Gasteiger partial charge in [0.25, 0.3) is 11.5 Å². The molecule has 0 aliphatic heterocycles. The normalized spacial score (nSPS) is 10.7. The monoisotopic (exact) mass is 513 g/mol. The van der Waals surface area contributed by atoms with E-state index in [0.717, 1.165) is 5.56 Å². The highest BCUT2D eigenvalue weighted by molar-refractivity contribution is 6.05. The Bertz CT molecular complexity index is 1620. The summed E-state index contributed by atoms with van der Waals surface area (Å²) in [6.07, 6.45) is 1.51. The van der Waals surface area contributed by atoms with Gasteiger partial charge in [-0.2, -0.15) is 9.78 Å². The molecule has 3 heterocycles. The predicted molar refractivity (Wildman–Crippen MR) is 139 cm³/mol. The van der Waals surface area contributed by atoms with Gasteiger partial charge in [-0.15, -0.1) is 0 Å². The largest absolute Gasteiger partial charge is 0.493 e. The first-order chi connectivity index (χ1) is 18.5. The van der Waals surface area contributed by atoms with E-state index in [2.05, 4.69) is 20.4 Å². The molecule has 11 nitrogen and oxygen atoms in total. The Labute approximate surface area is 216 Å². The number of amides is 1. The third kappa shape index (κ3) is 4.72. The van der Waals surface area contributed by atoms with Gasteiger partial charge in [0.1, 0.15) is 11.5 Å². The van der Waals surface area contributed by atoms with Crippen molar-refractivity contribution >= 4 is 11.7 Å². The number of hydrogen-bond acceptors (Lipinski definition) is 8. The lowest BCUT2D eigenvalue weighted by molar-refractivity contribution is 0.102. The van der Waals surface area contributed by atoms with Gasteiger partial charge in [-0.3, -0.25) is 14.6 Å². The summed E-state index contributed by atoms with van der Waals surface area (Å²) in [7, 11) is 4.41. The molecule has 1 amide bonds. The minimum Gasteiger partial charge on any atom is -0.493 e. The number of carbonyl (C=O) groups is 1. The molecule has 3 aromatic heterocycles. The molecule has 2 aromatic carbocycles. The second-order valence-corrected chi connectivity index (χ2v) is 7.99. The summed E-state index contributed by atoms with van der Waals surface area (Å²) >= 11 is 0. The molecule has 0 unspecified atom stereocenters. The Morgan fingerprint density at radius 3 is 2.29 bits per heavy atom. The number of aromatic amines is 1. The van der Waals surface area contributed by atoms with Gasteiger partial charge in [0.15, 0.2) is 17.3 Å². The van der Waals surface area contributed by atoms with Crippen molar-refractivity contribution in [2.75, 3.05) is 26.6 Å². The van der Waals surface area contributed by atoms with Crippen LogP contribution in [0, 0.1) is 0 Å². The van der Waals surface area contributed by atoms with Crippen molar-refractivity contribution in [1.82, 2.24) is 19.7 Å². The zero-order valence-electron chi connectivity index (χ0n) is 20.7. The Balaban J connectivity index is 1.59. The number of anilines is 1. The van der Waals surface area contributed by atoms with Gasteiger partial charge in [-0.25, -0.2) is 4.98 Å². The van der Waals surface area contributed by atoms with E-state index in [1.165, 1.54) is 50.5 Å². The Morgan fingerprint density at radius 1 is 0.921 bits per heavy atom. The fourth-order valence-electron chi connectivity index (χ4n) is 3.88. The standard InChI is InChI=1S/C27H23N5O6/c1-35-21-12-17(13-22(36-2)25(21)37-3)26(34)29-23-14-19(20-10-7-11-38-20)31-32(23)27-28-18(15-24(33)30-27)16-8-5-4-6-9-16/h4-15H,1-3H3,(H,29,34)(H,28,30,33). The fourth-order valence-corrected chi connectivity index (χ4v) is 3.88. The van der Waals surface area contributed by atoms with E-state index >= 15 is 0 Å². The number of H-pyrrole nitrogens is 1. The average Bonchev–Trinajstić information content (AvgIpc) is 3.63.